The quantitative estimate of drug-likeness (QED) is 0.755. The van der Waals surface area contributed by atoms with Crippen LogP contribution in [-0.4, -0.2) is 16.1 Å². The van der Waals surface area contributed by atoms with E-state index in [0.29, 0.717) is 5.56 Å². The molecule has 0 fully saturated rings. The van der Waals surface area contributed by atoms with Gasteiger partial charge in [0, 0.05) is 15.8 Å². The van der Waals surface area contributed by atoms with Crippen LogP contribution in [0.3, 0.4) is 0 Å². The number of H-pyrrole nitrogens is 1. The Morgan fingerprint density at radius 1 is 1.05 bits per heavy atom. The summed E-state index contributed by atoms with van der Waals surface area (Å²) in [6.45, 7) is 0. The molecule has 0 aliphatic heterocycles. The molecule has 1 aromatic heterocycles. The Morgan fingerprint density at radius 2 is 1.79 bits per heavy atom. The average Bonchev–Trinajstić information content (AvgIpc) is 2.81. The lowest BCUT2D eigenvalue weighted by Crippen LogP contribution is -1.94. The molecule has 0 radical (unpaired) electrons. The molecule has 0 saturated heterocycles. The molecule has 0 unspecified atom stereocenters. The van der Waals surface area contributed by atoms with Crippen LogP contribution in [-0.2, 0) is 0 Å². The maximum atomic E-state index is 10.8. The highest BCUT2D eigenvalue weighted by Crippen LogP contribution is 2.29. The van der Waals surface area contributed by atoms with E-state index in [4.69, 9.17) is 5.11 Å². The van der Waals surface area contributed by atoms with E-state index in [1.165, 1.54) is 5.39 Å². The summed E-state index contributed by atoms with van der Waals surface area (Å²) in [5.74, 6) is -0.901. The Balaban J connectivity index is 1.86. The van der Waals surface area contributed by atoms with Gasteiger partial charge >= 0.3 is 5.97 Å². The predicted molar refractivity (Wildman–Crippen MR) is 75.8 cm³/mol. The minimum Gasteiger partial charge on any atom is -0.478 e. The van der Waals surface area contributed by atoms with Gasteiger partial charge in [-0.15, -0.1) is 0 Å². The van der Waals surface area contributed by atoms with E-state index in [2.05, 4.69) is 17.1 Å². The topological polar surface area (TPSA) is 53.1 Å². The van der Waals surface area contributed by atoms with E-state index in [1.54, 1.807) is 23.9 Å². The van der Waals surface area contributed by atoms with Crippen molar-refractivity contribution in [2.75, 3.05) is 0 Å². The van der Waals surface area contributed by atoms with Crippen molar-refractivity contribution >= 4 is 28.6 Å². The molecule has 3 nitrogen and oxygen atoms in total. The van der Waals surface area contributed by atoms with E-state index in [-0.39, 0.29) is 0 Å². The molecule has 4 heteroatoms. The summed E-state index contributed by atoms with van der Waals surface area (Å²) in [5, 5.41) is 11.1. The Hall–Kier alpha value is -2.20. The van der Waals surface area contributed by atoms with Crippen molar-refractivity contribution in [3.63, 3.8) is 0 Å². The minimum absolute atomic E-state index is 0.306. The second-order valence-corrected chi connectivity index (χ2v) is 5.27. The molecule has 0 amide bonds. The summed E-state index contributed by atoms with van der Waals surface area (Å²) >= 11 is 1.59. The van der Waals surface area contributed by atoms with Crippen LogP contribution >= 0.6 is 11.8 Å². The lowest BCUT2D eigenvalue weighted by atomic mass is 10.2. The fraction of sp³-hybridized carbons (Fsp3) is 0. The highest BCUT2D eigenvalue weighted by atomic mass is 32.2. The molecule has 0 spiro atoms. The molecular weight excluding hydrogens is 258 g/mol. The average molecular weight is 269 g/mol. The summed E-state index contributed by atoms with van der Waals surface area (Å²) in [5.41, 5.74) is 1.41. The van der Waals surface area contributed by atoms with Gasteiger partial charge in [0.15, 0.2) is 0 Å². The number of rotatable bonds is 3. The first kappa shape index (κ1) is 11.9. The molecule has 3 rings (SSSR count). The molecule has 0 bridgehead atoms. The lowest BCUT2D eigenvalue weighted by molar-refractivity contribution is 0.0697. The van der Waals surface area contributed by atoms with Gasteiger partial charge in [-0.05, 0) is 36.4 Å². The lowest BCUT2D eigenvalue weighted by Gasteiger charge is -1.99. The van der Waals surface area contributed by atoms with Crippen LogP contribution in [0.25, 0.3) is 10.9 Å². The van der Waals surface area contributed by atoms with Crippen LogP contribution in [0.4, 0.5) is 0 Å². The molecule has 0 saturated carbocycles. The summed E-state index contributed by atoms with van der Waals surface area (Å²) in [7, 11) is 0. The van der Waals surface area contributed by atoms with Crippen LogP contribution in [0.2, 0.25) is 0 Å². The Bertz CT molecular complexity index is 698. The number of aromatic carboxylic acids is 1. The van der Waals surface area contributed by atoms with E-state index >= 15 is 0 Å². The van der Waals surface area contributed by atoms with Crippen molar-refractivity contribution < 1.29 is 9.90 Å². The number of carbonyl (C=O) groups is 1. The number of aromatic amines is 1. The van der Waals surface area contributed by atoms with Crippen LogP contribution in [0.15, 0.2) is 64.5 Å². The molecule has 94 valence electrons. The van der Waals surface area contributed by atoms with Crippen molar-refractivity contribution in [2.24, 2.45) is 0 Å². The number of fused-ring (bicyclic) bond motifs is 1. The summed E-state index contributed by atoms with van der Waals surface area (Å²) in [6, 6.07) is 17.1. The summed E-state index contributed by atoms with van der Waals surface area (Å²) < 4.78 is 0. The smallest absolute Gasteiger partial charge is 0.335 e. The van der Waals surface area contributed by atoms with E-state index < -0.39 is 5.97 Å². The normalized spacial score (nSPS) is 10.7. The number of para-hydroxylation sites is 1. The Morgan fingerprint density at radius 3 is 2.47 bits per heavy atom. The van der Waals surface area contributed by atoms with Crippen molar-refractivity contribution in [1.29, 1.82) is 0 Å². The highest BCUT2D eigenvalue weighted by Gasteiger charge is 2.04. The number of hydrogen-bond donors (Lipinski definition) is 2. The molecule has 2 aromatic carbocycles. The van der Waals surface area contributed by atoms with E-state index in [1.807, 2.05) is 30.3 Å². The van der Waals surface area contributed by atoms with Crippen molar-refractivity contribution in [1.82, 2.24) is 4.98 Å². The van der Waals surface area contributed by atoms with Gasteiger partial charge < -0.3 is 10.1 Å². The molecule has 19 heavy (non-hydrogen) atoms. The van der Waals surface area contributed by atoms with Crippen molar-refractivity contribution in [2.45, 2.75) is 9.92 Å². The van der Waals surface area contributed by atoms with Gasteiger partial charge in [0.2, 0.25) is 0 Å². The third-order valence-corrected chi connectivity index (χ3v) is 3.78. The van der Waals surface area contributed by atoms with Gasteiger partial charge in [-0.25, -0.2) is 4.79 Å². The predicted octanol–water partition coefficient (Wildman–Crippen LogP) is 4.02. The first-order valence-electron chi connectivity index (χ1n) is 5.81. The fourth-order valence-electron chi connectivity index (χ4n) is 1.89. The van der Waals surface area contributed by atoms with Crippen LogP contribution < -0.4 is 0 Å². The Kier molecular flexibility index (Phi) is 3.01. The Labute approximate surface area is 114 Å². The first-order valence-corrected chi connectivity index (χ1v) is 6.63. The largest absolute Gasteiger partial charge is 0.478 e. The highest BCUT2D eigenvalue weighted by molar-refractivity contribution is 7.99. The number of hydrogen-bond acceptors (Lipinski definition) is 2. The van der Waals surface area contributed by atoms with Gasteiger partial charge in [0.1, 0.15) is 0 Å². The van der Waals surface area contributed by atoms with Gasteiger partial charge in [0.05, 0.1) is 10.6 Å². The van der Waals surface area contributed by atoms with Crippen molar-refractivity contribution in [3.8, 4) is 0 Å². The molecule has 0 aliphatic carbocycles. The summed E-state index contributed by atoms with van der Waals surface area (Å²) in [4.78, 5) is 15.1. The molecule has 3 aromatic rings. The zero-order valence-electron chi connectivity index (χ0n) is 9.96. The number of carboxylic acids is 1. The SMILES string of the molecule is O=C(O)c1ccc(Sc2cc3ccccc3[nH]2)cc1. The fourth-order valence-corrected chi connectivity index (χ4v) is 2.77. The number of aromatic nitrogens is 1. The molecule has 1 heterocycles. The number of nitrogens with one attached hydrogen (secondary N) is 1. The second kappa shape index (κ2) is 4.82. The van der Waals surface area contributed by atoms with Gasteiger partial charge in [-0.3, -0.25) is 0 Å². The third-order valence-electron chi connectivity index (χ3n) is 2.83. The van der Waals surface area contributed by atoms with Crippen LogP contribution in [0.1, 0.15) is 10.4 Å². The van der Waals surface area contributed by atoms with Crippen LogP contribution in [0.5, 0.6) is 0 Å². The molecule has 2 N–H and O–H groups in total. The zero-order valence-corrected chi connectivity index (χ0v) is 10.8. The van der Waals surface area contributed by atoms with E-state index in [9.17, 15) is 4.79 Å². The number of carboxylic acid groups (broad SMARTS) is 1. The minimum atomic E-state index is -0.901. The zero-order chi connectivity index (χ0) is 13.2. The maximum Gasteiger partial charge on any atom is 0.335 e. The molecule has 0 aliphatic rings. The van der Waals surface area contributed by atoms with Gasteiger partial charge in [0.25, 0.3) is 0 Å². The van der Waals surface area contributed by atoms with Crippen molar-refractivity contribution in [3.05, 3.63) is 60.2 Å². The number of benzene rings is 2. The standard InChI is InChI=1S/C15H11NO2S/c17-15(18)10-5-7-12(8-6-10)19-14-9-11-3-1-2-4-13(11)16-14/h1-9,16H,(H,17,18). The first-order chi connectivity index (χ1) is 9.22. The third kappa shape index (κ3) is 2.48. The monoisotopic (exact) mass is 269 g/mol. The second-order valence-electron chi connectivity index (χ2n) is 4.15. The summed E-state index contributed by atoms with van der Waals surface area (Å²) in [6.07, 6.45) is 0. The molecular formula is C15H11NO2S. The van der Waals surface area contributed by atoms with Crippen LogP contribution in [0, 0.1) is 0 Å². The van der Waals surface area contributed by atoms with Gasteiger partial charge in [-0.2, -0.15) is 0 Å². The maximum absolute atomic E-state index is 10.8. The van der Waals surface area contributed by atoms with Gasteiger partial charge in [-0.1, -0.05) is 30.0 Å². The molecule has 0 atom stereocenters. The van der Waals surface area contributed by atoms with E-state index in [0.717, 1.165) is 15.4 Å².